The number of carbonyl (C=O) groups excluding carboxylic acids is 1. The predicted molar refractivity (Wildman–Crippen MR) is 112 cm³/mol. The molecule has 1 amide bonds. The molecular formula is C22H25FN2O4S. The molecule has 2 aromatic rings. The van der Waals surface area contributed by atoms with E-state index in [0.717, 1.165) is 24.8 Å². The SMILES string of the molecule is O=C(CCc1ccc(S(=O)(=O)N2CCCCC2)cc1)N1CCOc2cc(F)ccc21. The highest BCUT2D eigenvalue weighted by Crippen LogP contribution is 2.32. The van der Waals surface area contributed by atoms with E-state index in [2.05, 4.69) is 0 Å². The van der Waals surface area contributed by atoms with Gasteiger partial charge in [-0.3, -0.25) is 4.79 Å². The van der Waals surface area contributed by atoms with Crippen LogP contribution in [0.25, 0.3) is 0 Å². The minimum absolute atomic E-state index is 0.0730. The van der Waals surface area contributed by atoms with Crippen LogP contribution in [-0.2, 0) is 21.2 Å². The van der Waals surface area contributed by atoms with E-state index in [0.29, 0.717) is 49.0 Å². The van der Waals surface area contributed by atoms with Crippen molar-refractivity contribution in [2.24, 2.45) is 0 Å². The molecule has 0 atom stereocenters. The zero-order valence-corrected chi connectivity index (χ0v) is 17.5. The third kappa shape index (κ3) is 4.34. The summed E-state index contributed by atoms with van der Waals surface area (Å²) in [5.74, 6) is -0.0966. The van der Waals surface area contributed by atoms with Crippen molar-refractivity contribution in [1.82, 2.24) is 4.31 Å². The Morgan fingerprint density at radius 1 is 1.00 bits per heavy atom. The maximum atomic E-state index is 13.4. The van der Waals surface area contributed by atoms with E-state index in [1.54, 1.807) is 39.5 Å². The number of fused-ring (bicyclic) bond motifs is 1. The molecule has 6 nitrogen and oxygen atoms in total. The van der Waals surface area contributed by atoms with Crippen LogP contribution in [0.1, 0.15) is 31.2 Å². The molecular weight excluding hydrogens is 407 g/mol. The molecule has 30 heavy (non-hydrogen) atoms. The number of amides is 1. The van der Waals surface area contributed by atoms with Gasteiger partial charge in [0.05, 0.1) is 17.1 Å². The monoisotopic (exact) mass is 432 g/mol. The molecule has 0 aromatic heterocycles. The molecule has 0 aliphatic carbocycles. The second kappa shape index (κ2) is 8.73. The van der Waals surface area contributed by atoms with Crippen molar-refractivity contribution in [3.63, 3.8) is 0 Å². The second-order valence-electron chi connectivity index (χ2n) is 7.61. The van der Waals surface area contributed by atoms with Gasteiger partial charge in [-0.15, -0.1) is 0 Å². The number of benzene rings is 2. The Labute approximate surface area is 176 Å². The highest BCUT2D eigenvalue weighted by Gasteiger charge is 2.26. The number of piperidine rings is 1. The number of nitrogens with zero attached hydrogens (tertiary/aromatic N) is 2. The maximum Gasteiger partial charge on any atom is 0.243 e. The van der Waals surface area contributed by atoms with E-state index in [4.69, 9.17) is 4.74 Å². The summed E-state index contributed by atoms with van der Waals surface area (Å²) in [7, 11) is -3.45. The zero-order chi connectivity index (χ0) is 21.1. The van der Waals surface area contributed by atoms with Crippen molar-refractivity contribution in [2.75, 3.05) is 31.1 Å². The number of aryl methyl sites for hydroxylation is 1. The lowest BCUT2D eigenvalue weighted by Gasteiger charge is -2.29. The molecule has 2 aliphatic rings. The van der Waals surface area contributed by atoms with Gasteiger partial charge in [0.2, 0.25) is 15.9 Å². The molecule has 0 bridgehead atoms. The Kier molecular flexibility index (Phi) is 6.06. The molecule has 1 saturated heterocycles. The van der Waals surface area contributed by atoms with Crippen LogP contribution in [0.2, 0.25) is 0 Å². The Morgan fingerprint density at radius 2 is 1.73 bits per heavy atom. The van der Waals surface area contributed by atoms with Crippen molar-refractivity contribution in [3.8, 4) is 5.75 Å². The predicted octanol–water partition coefficient (Wildman–Crippen LogP) is 3.36. The first-order chi connectivity index (χ1) is 14.4. The van der Waals surface area contributed by atoms with E-state index in [9.17, 15) is 17.6 Å². The van der Waals surface area contributed by atoms with Crippen LogP contribution in [0.4, 0.5) is 10.1 Å². The van der Waals surface area contributed by atoms with Crippen LogP contribution in [-0.4, -0.2) is 44.9 Å². The number of carbonyl (C=O) groups is 1. The van der Waals surface area contributed by atoms with Crippen LogP contribution >= 0.6 is 0 Å². The number of rotatable bonds is 5. The molecule has 2 aromatic carbocycles. The van der Waals surface area contributed by atoms with Gasteiger partial charge < -0.3 is 9.64 Å². The number of sulfonamides is 1. The Morgan fingerprint density at radius 3 is 2.47 bits per heavy atom. The molecule has 0 saturated carbocycles. The van der Waals surface area contributed by atoms with Gasteiger partial charge in [-0.1, -0.05) is 18.6 Å². The van der Waals surface area contributed by atoms with Gasteiger partial charge in [-0.05, 0) is 49.1 Å². The van der Waals surface area contributed by atoms with E-state index in [1.165, 1.54) is 12.1 Å². The highest BCUT2D eigenvalue weighted by atomic mass is 32.2. The molecule has 2 heterocycles. The molecule has 8 heteroatoms. The summed E-state index contributed by atoms with van der Waals surface area (Å²) in [6, 6.07) is 10.9. The third-order valence-electron chi connectivity index (χ3n) is 5.59. The summed E-state index contributed by atoms with van der Waals surface area (Å²) < 4.78 is 45.9. The largest absolute Gasteiger partial charge is 0.489 e. The first kappa shape index (κ1) is 20.8. The summed E-state index contributed by atoms with van der Waals surface area (Å²) in [4.78, 5) is 14.6. The summed E-state index contributed by atoms with van der Waals surface area (Å²) in [5.41, 5.74) is 1.48. The Hall–Kier alpha value is -2.45. The molecule has 0 unspecified atom stereocenters. The van der Waals surface area contributed by atoms with E-state index >= 15 is 0 Å². The number of hydrogen-bond donors (Lipinski definition) is 0. The molecule has 2 aliphatic heterocycles. The van der Waals surface area contributed by atoms with E-state index in [-0.39, 0.29) is 12.3 Å². The molecule has 0 spiro atoms. The first-order valence-electron chi connectivity index (χ1n) is 10.3. The van der Waals surface area contributed by atoms with Crippen molar-refractivity contribution >= 4 is 21.6 Å². The smallest absolute Gasteiger partial charge is 0.243 e. The maximum absolute atomic E-state index is 13.4. The standard InChI is InChI=1S/C22H25FN2O4S/c23-18-7-10-20-21(16-18)29-15-14-25(20)22(26)11-6-17-4-8-19(9-5-17)30(27,28)24-12-2-1-3-13-24/h4-5,7-10,16H,1-3,6,11-15H2. The van der Waals surface area contributed by atoms with Gasteiger partial charge in [0.25, 0.3) is 0 Å². The molecule has 1 fully saturated rings. The summed E-state index contributed by atoms with van der Waals surface area (Å²) in [6.45, 7) is 1.89. The summed E-state index contributed by atoms with van der Waals surface area (Å²) in [5, 5.41) is 0. The summed E-state index contributed by atoms with van der Waals surface area (Å²) >= 11 is 0. The Bertz CT molecular complexity index is 1020. The molecule has 160 valence electrons. The molecule has 0 radical (unpaired) electrons. The third-order valence-corrected chi connectivity index (χ3v) is 7.50. The van der Waals surface area contributed by atoms with E-state index < -0.39 is 15.8 Å². The summed E-state index contributed by atoms with van der Waals surface area (Å²) in [6.07, 6.45) is 3.64. The van der Waals surface area contributed by atoms with Gasteiger partial charge in [0.15, 0.2) is 0 Å². The van der Waals surface area contributed by atoms with Crippen molar-refractivity contribution in [2.45, 2.75) is 37.0 Å². The van der Waals surface area contributed by atoms with Crippen LogP contribution in [0, 0.1) is 5.82 Å². The minimum Gasteiger partial charge on any atom is -0.489 e. The highest BCUT2D eigenvalue weighted by molar-refractivity contribution is 7.89. The lowest BCUT2D eigenvalue weighted by Crippen LogP contribution is -2.38. The number of anilines is 1. The van der Waals surface area contributed by atoms with Crippen LogP contribution in [0.5, 0.6) is 5.75 Å². The average molecular weight is 433 g/mol. The normalized spacial score (nSPS) is 17.3. The quantitative estimate of drug-likeness (QED) is 0.727. The Balaban J connectivity index is 1.40. The van der Waals surface area contributed by atoms with Gasteiger partial charge in [0, 0.05) is 25.6 Å². The van der Waals surface area contributed by atoms with Crippen LogP contribution < -0.4 is 9.64 Å². The molecule has 0 N–H and O–H groups in total. The first-order valence-corrected chi connectivity index (χ1v) is 11.7. The zero-order valence-electron chi connectivity index (χ0n) is 16.7. The van der Waals surface area contributed by atoms with Gasteiger partial charge in [-0.2, -0.15) is 4.31 Å². The second-order valence-corrected chi connectivity index (χ2v) is 9.55. The van der Waals surface area contributed by atoms with Crippen molar-refractivity contribution in [1.29, 1.82) is 0 Å². The fraction of sp³-hybridized carbons (Fsp3) is 0.409. The van der Waals surface area contributed by atoms with Gasteiger partial charge in [-0.25, -0.2) is 12.8 Å². The van der Waals surface area contributed by atoms with Crippen LogP contribution in [0.3, 0.4) is 0 Å². The average Bonchev–Trinajstić information content (AvgIpc) is 2.77. The van der Waals surface area contributed by atoms with Gasteiger partial charge in [0.1, 0.15) is 18.2 Å². The van der Waals surface area contributed by atoms with Crippen molar-refractivity contribution in [3.05, 3.63) is 53.8 Å². The topological polar surface area (TPSA) is 66.9 Å². The number of hydrogen-bond acceptors (Lipinski definition) is 4. The molecule has 4 rings (SSSR count). The number of halogens is 1. The minimum atomic E-state index is -3.45. The fourth-order valence-electron chi connectivity index (χ4n) is 3.92. The number of ether oxygens (including phenoxy) is 1. The fourth-order valence-corrected chi connectivity index (χ4v) is 5.44. The van der Waals surface area contributed by atoms with Gasteiger partial charge >= 0.3 is 0 Å². The van der Waals surface area contributed by atoms with E-state index in [1.807, 2.05) is 0 Å². The van der Waals surface area contributed by atoms with Crippen LogP contribution in [0.15, 0.2) is 47.4 Å². The lowest BCUT2D eigenvalue weighted by atomic mass is 10.1. The lowest BCUT2D eigenvalue weighted by molar-refractivity contribution is -0.118. The van der Waals surface area contributed by atoms with Crippen molar-refractivity contribution < 1.29 is 22.3 Å².